The van der Waals surface area contributed by atoms with E-state index in [2.05, 4.69) is 15.5 Å². The fourth-order valence-electron chi connectivity index (χ4n) is 3.65. The lowest BCUT2D eigenvalue weighted by Gasteiger charge is -2.31. The number of hydrogen-bond donors (Lipinski definition) is 1. The summed E-state index contributed by atoms with van der Waals surface area (Å²) in [6.45, 7) is 6.48. The fraction of sp³-hybridized carbons (Fsp3) is 0.476. The van der Waals surface area contributed by atoms with E-state index >= 15 is 0 Å². The van der Waals surface area contributed by atoms with Gasteiger partial charge in [-0.15, -0.1) is 11.3 Å². The molecular formula is C21H26N4O5S2. The monoisotopic (exact) mass is 478 g/mol. The summed E-state index contributed by atoms with van der Waals surface area (Å²) in [5.41, 5.74) is 0. The van der Waals surface area contributed by atoms with Crippen molar-refractivity contribution in [3.8, 4) is 10.7 Å². The number of thiophene rings is 1. The Labute approximate surface area is 190 Å². The number of aryl methyl sites for hydroxylation is 1. The molecule has 0 spiro atoms. The first kappa shape index (κ1) is 22.7. The molecule has 1 amide bonds. The van der Waals surface area contributed by atoms with E-state index in [1.165, 1.54) is 15.6 Å². The van der Waals surface area contributed by atoms with Crippen LogP contribution in [-0.4, -0.2) is 41.9 Å². The first-order valence-electron chi connectivity index (χ1n) is 10.5. The number of rotatable bonds is 7. The van der Waals surface area contributed by atoms with Crippen molar-refractivity contribution in [3.05, 3.63) is 41.0 Å². The summed E-state index contributed by atoms with van der Waals surface area (Å²) in [6, 6.07) is 5.14. The predicted molar refractivity (Wildman–Crippen MR) is 118 cm³/mol. The van der Waals surface area contributed by atoms with Gasteiger partial charge in [-0.3, -0.25) is 4.79 Å². The van der Waals surface area contributed by atoms with Crippen molar-refractivity contribution in [3.63, 3.8) is 0 Å². The minimum atomic E-state index is -3.75. The van der Waals surface area contributed by atoms with Crippen LogP contribution in [0.2, 0.25) is 0 Å². The zero-order chi connectivity index (χ0) is 22.9. The van der Waals surface area contributed by atoms with Crippen LogP contribution in [0.1, 0.15) is 49.1 Å². The molecule has 172 valence electrons. The number of carbonyl (C=O) groups excluding carboxylic acids is 1. The van der Waals surface area contributed by atoms with E-state index in [0.717, 1.165) is 0 Å². The van der Waals surface area contributed by atoms with Crippen molar-refractivity contribution in [2.45, 2.75) is 51.0 Å². The van der Waals surface area contributed by atoms with Gasteiger partial charge in [0.05, 0.1) is 28.5 Å². The second kappa shape index (κ2) is 9.16. The van der Waals surface area contributed by atoms with Crippen LogP contribution in [0.4, 0.5) is 0 Å². The highest BCUT2D eigenvalue weighted by atomic mass is 32.2. The second-order valence-corrected chi connectivity index (χ2v) is 11.3. The third kappa shape index (κ3) is 4.64. The Balaban J connectivity index is 1.48. The van der Waals surface area contributed by atoms with Crippen molar-refractivity contribution in [2.75, 3.05) is 13.1 Å². The molecule has 1 N–H and O–H groups in total. The standard InChI is InChI=1S/C21H26N4O5S2/c1-13(2)21-23-19(24-30-21)17-10-18(14(3)31-17)32(27,28)25-8-4-6-15(12-25)20(26)22-11-16-7-5-9-29-16/h5,7,9-10,13,15H,4,6,8,11-12H2,1-3H3,(H,22,26). The molecule has 11 heteroatoms. The van der Waals surface area contributed by atoms with Gasteiger partial charge in [0.15, 0.2) is 0 Å². The highest BCUT2D eigenvalue weighted by Gasteiger charge is 2.35. The van der Waals surface area contributed by atoms with Crippen molar-refractivity contribution < 1.29 is 22.2 Å². The van der Waals surface area contributed by atoms with Crippen LogP contribution >= 0.6 is 11.3 Å². The molecule has 1 atom stereocenters. The van der Waals surface area contributed by atoms with Gasteiger partial charge in [-0.05, 0) is 38.0 Å². The lowest BCUT2D eigenvalue weighted by Crippen LogP contribution is -2.45. The van der Waals surface area contributed by atoms with Crippen LogP contribution in [0.15, 0.2) is 38.3 Å². The number of piperidine rings is 1. The summed E-state index contributed by atoms with van der Waals surface area (Å²) < 4.78 is 38.7. The largest absolute Gasteiger partial charge is 0.467 e. The minimum absolute atomic E-state index is 0.0877. The Morgan fingerprint density at radius 1 is 1.41 bits per heavy atom. The van der Waals surface area contributed by atoms with Crippen LogP contribution in [0, 0.1) is 12.8 Å². The van der Waals surface area contributed by atoms with Gasteiger partial charge in [0.1, 0.15) is 5.76 Å². The Morgan fingerprint density at radius 2 is 2.22 bits per heavy atom. The smallest absolute Gasteiger partial charge is 0.244 e. The van der Waals surface area contributed by atoms with Gasteiger partial charge in [-0.2, -0.15) is 9.29 Å². The molecule has 4 heterocycles. The minimum Gasteiger partial charge on any atom is -0.467 e. The summed E-state index contributed by atoms with van der Waals surface area (Å²) >= 11 is 1.32. The van der Waals surface area contributed by atoms with Gasteiger partial charge >= 0.3 is 0 Å². The zero-order valence-corrected chi connectivity index (χ0v) is 19.8. The average molecular weight is 479 g/mol. The number of sulfonamides is 1. The fourth-order valence-corrected chi connectivity index (χ4v) is 6.66. The molecular weight excluding hydrogens is 452 g/mol. The highest BCUT2D eigenvalue weighted by molar-refractivity contribution is 7.89. The lowest BCUT2D eigenvalue weighted by molar-refractivity contribution is -0.126. The number of aromatic nitrogens is 2. The Morgan fingerprint density at radius 3 is 2.91 bits per heavy atom. The molecule has 1 unspecified atom stereocenters. The average Bonchev–Trinajstić information content (AvgIpc) is 3.52. The molecule has 1 saturated heterocycles. The summed E-state index contributed by atoms with van der Waals surface area (Å²) in [4.78, 5) is 18.5. The van der Waals surface area contributed by atoms with Gasteiger partial charge < -0.3 is 14.3 Å². The molecule has 3 aromatic rings. The van der Waals surface area contributed by atoms with Crippen LogP contribution in [0.25, 0.3) is 10.7 Å². The number of furan rings is 1. The van der Waals surface area contributed by atoms with E-state index in [4.69, 9.17) is 8.94 Å². The Hall–Kier alpha value is -2.50. The maximum Gasteiger partial charge on any atom is 0.244 e. The molecule has 0 bridgehead atoms. The maximum atomic E-state index is 13.4. The maximum absolute atomic E-state index is 13.4. The van der Waals surface area contributed by atoms with Gasteiger partial charge in [0.2, 0.25) is 27.6 Å². The summed E-state index contributed by atoms with van der Waals surface area (Å²) in [6.07, 6.45) is 2.81. The van der Waals surface area contributed by atoms with E-state index in [-0.39, 0.29) is 29.8 Å². The summed E-state index contributed by atoms with van der Waals surface area (Å²) in [5.74, 6) is 1.06. The van der Waals surface area contributed by atoms with Gasteiger partial charge in [-0.25, -0.2) is 8.42 Å². The number of carbonyl (C=O) groups is 1. The van der Waals surface area contributed by atoms with Crippen LogP contribution in [0.3, 0.4) is 0 Å². The van der Waals surface area contributed by atoms with Gasteiger partial charge in [-0.1, -0.05) is 19.0 Å². The molecule has 1 fully saturated rings. The van der Waals surface area contributed by atoms with Crippen LogP contribution in [0.5, 0.6) is 0 Å². The number of amides is 1. The second-order valence-electron chi connectivity index (χ2n) is 8.14. The molecule has 9 nitrogen and oxygen atoms in total. The molecule has 4 rings (SSSR count). The molecule has 1 aliphatic heterocycles. The molecule has 3 aromatic heterocycles. The predicted octanol–water partition coefficient (Wildman–Crippen LogP) is 3.54. The SMILES string of the molecule is Cc1sc(-c2noc(C(C)C)n2)cc1S(=O)(=O)N1CCCC(C(=O)NCc2ccco2)C1. The molecule has 32 heavy (non-hydrogen) atoms. The van der Waals surface area contributed by atoms with Crippen molar-refractivity contribution in [1.29, 1.82) is 0 Å². The van der Waals surface area contributed by atoms with E-state index in [1.54, 1.807) is 31.4 Å². The van der Waals surface area contributed by atoms with Crippen LogP contribution < -0.4 is 5.32 Å². The van der Waals surface area contributed by atoms with E-state index in [1.807, 2.05) is 13.8 Å². The molecule has 0 radical (unpaired) electrons. The van der Waals surface area contributed by atoms with E-state index in [0.29, 0.717) is 46.6 Å². The van der Waals surface area contributed by atoms with Crippen molar-refractivity contribution in [1.82, 2.24) is 19.8 Å². The van der Waals surface area contributed by atoms with E-state index < -0.39 is 15.9 Å². The summed E-state index contributed by atoms with van der Waals surface area (Å²) in [5, 5.41) is 6.82. The topological polar surface area (TPSA) is 119 Å². The Kier molecular flexibility index (Phi) is 6.50. The first-order chi connectivity index (χ1) is 15.3. The molecule has 1 aliphatic rings. The molecule has 0 aliphatic carbocycles. The van der Waals surface area contributed by atoms with Gasteiger partial charge in [0, 0.05) is 23.9 Å². The highest BCUT2D eigenvalue weighted by Crippen LogP contribution is 2.35. The zero-order valence-electron chi connectivity index (χ0n) is 18.2. The van der Waals surface area contributed by atoms with E-state index in [9.17, 15) is 13.2 Å². The number of nitrogens with zero attached hydrogens (tertiary/aromatic N) is 3. The van der Waals surface area contributed by atoms with Gasteiger partial charge in [0.25, 0.3) is 0 Å². The first-order valence-corrected chi connectivity index (χ1v) is 12.8. The number of hydrogen-bond acceptors (Lipinski definition) is 8. The molecule has 0 aromatic carbocycles. The quantitative estimate of drug-likeness (QED) is 0.552. The Bertz CT molecular complexity index is 1180. The van der Waals surface area contributed by atoms with Crippen molar-refractivity contribution >= 4 is 27.3 Å². The molecule has 0 saturated carbocycles. The summed E-state index contributed by atoms with van der Waals surface area (Å²) in [7, 11) is -3.75. The third-order valence-electron chi connectivity index (χ3n) is 5.42. The lowest BCUT2D eigenvalue weighted by atomic mass is 9.99. The number of nitrogens with one attached hydrogen (secondary N) is 1. The normalized spacial score (nSPS) is 17.7. The third-order valence-corrected chi connectivity index (χ3v) is 8.58. The van der Waals surface area contributed by atoms with Crippen molar-refractivity contribution in [2.24, 2.45) is 5.92 Å². The van der Waals surface area contributed by atoms with Crippen LogP contribution in [-0.2, 0) is 21.4 Å².